The minimum absolute atomic E-state index is 0.221. The van der Waals surface area contributed by atoms with Gasteiger partial charge >= 0.3 is 18.0 Å². The highest BCUT2D eigenvalue weighted by Gasteiger charge is 2.34. The molecule has 0 bridgehead atoms. The lowest BCUT2D eigenvalue weighted by atomic mass is 9.86. The van der Waals surface area contributed by atoms with Gasteiger partial charge in [-0.05, 0) is 159 Å². The molecule has 2 aromatic heterocycles. The Kier molecular flexibility index (Phi) is 14.0. The fourth-order valence-corrected chi connectivity index (χ4v) is 9.16. The lowest BCUT2D eigenvalue weighted by Crippen LogP contribution is -2.43. The summed E-state index contributed by atoms with van der Waals surface area (Å²) in [5.74, 6) is -1.86. The minimum Gasteiger partial charge on any atom is -0.478 e. The highest BCUT2D eigenvalue weighted by Crippen LogP contribution is 2.38. The predicted molar refractivity (Wildman–Crippen MR) is 251 cm³/mol. The molecular weight excluding hydrogens is 801 g/mol. The lowest BCUT2D eigenvalue weighted by molar-refractivity contribution is 0.0132. The number of fused-ring (bicyclic) bond motifs is 2. The van der Waals surface area contributed by atoms with Gasteiger partial charge in [-0.25, -0.2) is 14.4 Å². The zero-order valence-corrected chi connectivity index (χ0v) is 37.7. The van der Waals surface area contributed by atoms with Gasteiger partial charge in [0.25, 0.3) is 0 Å². The van der Waals surface area contributed by atoms with Gasteiger partial charge in [0.2, 0.25) is 0 Å². The number of aromatic nitrogens is 2. The van der Waals surface area contributed by atoms with Crippen LogP contribution in [0.4, 0.5) is 4.79 Å². The number of aryl methyl sites for hydroxylation is 4. The van der Waals surface area contributed by atoms with E-state index in [1.165, 1.54) is 56.8 Å². The van der Waals surface area contributed by atoms with Gasteiger partial charge in [-0.15, -0.1) is 0 Å². The number of carbonyl (C=O) groups is 3. The molecule has 2 aliphatic heterocycles. The number of amides is 1. The van der Waals surface area contributed by atoms with Gasteiger partial charge in [-0.3, -0.25) is 14.9 Å². The van der Waals surface area contributed by atoms with E-state index in [0.717, 1.165) is 42.5 Å². The first-order valence-electron chi connectivity index (χ1n) is 22.1. The Bertz CT molecular complexity index is 2650. The number of benzene rings is 4. The molecule has 8 rings (SSSR count). The zero-order chi connectivity index (χ0) is 45.5. The Labute approximate surface area is 376 Å². The van der Waals surface area contributed by atoms with Gasteiger partial charge in [-0.2, -0.15) is 0 Å². The van der Waals surface area contributed by atoms with Gasteiger partial charge in [0.05, 0.1) is 17.2 Å². The number of carboxylic acid groups (broad SMARTS) is 2. The van der Waals surface area contributed by atoms with Crippen LogP contribution in [0.3, 0.4) is 0 Å². The van der Waals surface area contributed by atoms with Crippen molar-refractivity contribution in [3.05, 3.63) is 177 Å². The predicted octanol–water partition coefficient (Wildman–Crippen LogP) is 11.1. The summed E-state index contributed by atoms with van der Waals surface area (Å²) in [5, 5.41) is 19.0. The summed E-state index contributed by atoms with van der Waals surface area (Å²) in [6, 6.07) is 33.3. The maximum absolute atomic E-state index is 13.2. The standard InChI is InChI=1S/C29H32N2O4.C25H26N2O2/c1-19-7-5-6-8-23(19)20-9-11-24-21(17-20)14-16-31(28(34)35-29(2,3)4)26(24)12-10-22-18-30-15-13-25(22)27(32)33;1-17-5-3-4-6-21(17)18-7-9-22-19(15-18)12-14-27(2)24(22)10-8-20-16-26-13-11-23(20)25(28)29/h5-9,11,13,15,17-18,26H,10,12,14,16H2,1-4H3,(H,32,33);3-7,9,11,13,15-16,24H,8,10,12,14H2,1-2H3,(H,28,29)/t26-;24-/m01/s1. The average molecular weight is 859 g/mol. The van der Waals surface area contributed by atoms with Crippen LogP contribution in [0.2, 0.25) is 0 Å². The zero-order valence-electron chi connectivity index (χ0n) is 37.7. The van der Waals surface area contributed by atoms with Crippen molar-refractivity contribution < 1.29 is 29.3 Å². The Balaban J connectivity index is 0.000000195. The fraction of sp³-hybridized carbons (Fsp3) is 0.315. The van der Waals surface area contributed by atoms with E-state index in [2.05, 4.69) is 109 Å². The molecule has 4 heterocycles. The number of carbonyl (C=O) groups excluding carboxylic acids is 1. The third-order valence-electron chi connectivity index (χ3n) is 12.5. The Morgan fingerprint density at radius 1 is 0.656 bits per heavy atom. The van der Waals surface area contributed by atoms with Crippen molar-refractivity contribution in [3.8, 4) is 22.3 Å². The van der Waals surface area contributed by atoms with Gasteiger partial charge in [0.1, 0.15) is 5.60 Å². The SMILES string of the molecule is Cc1ccccc1-c1ccc2c(c1)CCN(C(=O)OC(C)(C)C)[C@H]2CCc1cnccc1C(=O)O.Cc1ccccc1-c1ccc2c(c1)CCN(C)[C@@H]2CCc1cnccc1C(=O)O. The van der Waals surface area contributed by atoms with E-state index in [1.807, 2.05) is 32.9 Å². The molecule has 2 aliphatic rings. The van der Waals surface area contributed by atoms with Crippen LogP contribution in [0.25, 0.3) is 22.3 Å². The summed E-state index contributed by atoms with van der Waals surface area (Å²) in [7, 11) is 2.16. The average Bonchev–Trinajstić information content (AvgIpc) is 3.27. The van der Waals surface area contributed by atoms with Gasteiger partial charge in [0, 0.05) is 43.9 Å². The van der Waals surface area contributed by atoms with E-state index < -0.39 is 17.5 Å². The molecule has 0 aliphatic carbocycles. The Morgan fingerprint density at radius 2 is 1.12 bits per heavy atom. The molecule has 0 saturated carbocycles. The van der Waals surface area contributed by atoms with Crippen molar-refractivity contribution in [2.24, 2.45) is 0 Å². The number of nitrogens with zero attached hydrogens (tertiary/aromatic N) is 4. The molecule has 2 N–H and O–H groups in total. The van der Waals surface area contributed by atoms with Gasteiger partial charge in [0.15, 0.2) is 0 Å². The molecule has 0 saturated heterocycles. The second kappa shape index (κ2) is 19.8. The largest absolute Gasteiger partial charge is 0.478 e. The van der Waals surface area contributed by atoms with E-state index in [0.29, 0.717) is 36.9 Å². The number of aromatic carboxylic acids is 2. The molecule has 6 aromatic rings. The van der Waals surface area contributed by atoms with E-state index in [4.69, 9.17) is 4.74 Å². The van der Waals surface area contributed by atoms with E-state index in [-0.39, 0.29) is 23.7 Å². The number of pyridine rings is 2. The van der Waals surface area contributed by atoms with Crippen LogP contribution >= 0.6 is 0 Å². The highest BCUT2D eigenvalue weighted by molar-refractivity contribution is 5.89. The summed E-state index contributed by atoms with van der Waals surface area (Å²) in [4.78, 5) is 48.8. The van der Waals surface area contributed by atoms with E-state index in [1.54, 1.807) is 29.6 Å². The van der Waals surface area contributed by atoms with Crippen LogP contribution in [-0.4, -0.2) is 73.8 Å². The molecule has 4 aromatic carbocycles. The van der Waals surface area contributed by atoms with Crippen LogP contribution < -0.4 is 0 Å². The molecule has 10 heteroatoms. The Hall–Kier alpha value is -6.65. The third-order valence-corrected chi connectivity index (χ3v) is 12.5. The van der Waals surface area contributed by atoms with Gasteiger partial charge in [-0.1, -0.05) is 84.9 Å². The summed E-state index contributed by atoms with van der Waals surface area (Å²) in [5.41, 5.74) is 13.9. The molecule has 64 heavy (non-hydrogen) atoms. The fourth-order valence-electron chi connectivity index (χ4n) is 9.16. The number of ether oxygens (including phenoxy) is 1. The molecule has 0 unspecified atom stereocenters. The highest BCUT2D eigenvalue weighted by atomic mass is 16.6. The lowest BCUT2D eigenvalue weighted by Gasteiger charge is -2.38. The molecule has 10 nitrogen and oxygen atoms in total. The first-order chi connectivity index (χ1) is 30.7. The maximum atomic E-state index is 13.2. The monoisotopic (exact) mass is 858 g/mol. The quantitative estimate of drug-likeness (QED) is 0.138. The molecular formula is C54H58N4O6. The third kappa shape index (κ3) is 10.6. The molecule has 2 atom stereocenters. The number of carboxylic acids is 2. The van der Waals surface area contributed by atoms with Crippen LogP contribution in [-0.2, 0) is 30.4 Å². The van der Waals surface area contributed by atoms with E-state index in [9.17, 15) is 24.6 Å². The van der Waals surface area contributed by atoms with Crippen LogP contribution in [0.15, 0.2) is 122 Å². The summed E-state index contributed by atoms with van der Waals surface area (Å²) in [6.45, 7) is 11.4. The number of hydrogen-bond acceptors (Lipinski definition) is 7. The molecule has 1 amide bonds. The molecule has 0 spiro atoms. The smallest absolute Gasteiger partial charge is 0.410 e. The van der Waals surface area contributed by atoms with E-state index >= 15 is 0 Å². The first-order valence-corrected chi connectivity index (χ1v) is 22.1. The van der Waals surface area contributed by atoms with Gasteiger partial charge < -0.3 is 19.8 Å². The molecule has 0 radical (unpaired) electrons. The van der Waals surface area contributed by atoms with Crippen molar-refractivity contribution in [2.45, 2.75) is 90.8 Å². The second-order valence-electron chi connectivity index (χ2n) is 17.9. The van der Waals surface area contributed by atoms with Crippen LogP contribution in [0.1, 0.15) is 111 Å². The van der Waals surface area contributed by atoms with Crippen LogP contribution in [0, 0.1) is 13.8 Å². The number of hydrogen-bond donors (Lipinski definition) is 2. The van der Waals surface area contributed by atoms with Crippen molar-refractivity contribution in [1.82, 2.24) is 19.8 Å². The number of rotatable bonds is 10. The molecule has 0 fully saturated rings. The summed E-state index contributed by atoms with van der Waals surface area (Å²) >= 11 is 0. The summed E-state index contributed by atoms with van der Waals surface area (Å²) in [6.07, 6.45) is 10.4. The van der Waals surface area contributed by atoms with Crippen molar-refractivity contribution in [2.75, 3.05) is 20.1 Å². The van der Waals surface area contributed by atoms with Crippen LogP contribution in [0.5, 0.6) is 0 Å². The maximum Gasteiger partial charge on any atom is 0.410 e. The second-order valence-corrected chi connectivity index (χ2v) is 17.9. The van der Waals surface area contributed by atoms with Crippen molar-refractivity contribution in [1.29, 1.82) is 0 Å². The number of likely N-dealkylation sites (N-methyl/N-ethyl adjacent to an activating group) is 1. The normalized spacial score (nSPS) is 15.9. The summed E-state index contributed by atoms with van der Waals surface area (Å²) < 4.78 is 5.73. The first kappa shape index (κ1) is 45.4. The van der Waals surface area contributed by atoms with Crippen molar-refractivity contribution >= 4 is 18.0 Å². The van der Waals surface area contributed by atoms with Crippen molar-refractivity contribution in [3.63, 3.8) is 0 Å². The molecule has 330 valence electrons. The minimum atomic E-state index is -0.974. The Morgan fingerprint density at radius 3 is 1.61 bits per heavy atom. The topological polar surface area (TPSA) is 133 Å².